The van der Waals surface area contributed by atoms with Crippen LogP contribution < -0.4 is 5.32 Å². The molecule has 1 rings (SSSR count). The van der Waals surface area contributed by atoms with Crippen molar-refractivity contribution < 1.29 is 18.0 Å². The summed E-state index contributed by atoms with van der Waals surface area (Å²) in [7, 11) is 0. The van der Waals surface area contributed by atoms with E-state index < -0.39 is 12.7 Å². The normalized spacial score (nSPS) is 11.7. The maximum atomic E-state index is 11.7. The van der Waals surface area contributed by atoms with Gasteiger partial charge in [-0.3, -0.25) is 4.79 Å². The molecule has 0 radical (unpaired) electrons. The second-order valence-electron chi connectivity index (χ2n) is 2.74. The number of hydrogen-bond donors (Lipinski definition) is 1. The van der Waals surface area contributed by atoms with Crippen LogP contribution in [0.1, 0.15) is 9.67 Å². The van der Waals surface area contributed by atoms with Crippen LogP contribution in [-0.2, 0) is 0 Å². The third-order valence-electron chi connectivity index (χ3n) is 1.48. The van der Waals surface area contributed by atoms with Gasteiger partial charge in [-0.05, 0) is 27.4 Å². The van der Waals surface area contributed by atoms with Crippen molar-refractivity contribution in [2.24, 2.45) is 0 Å². The first kappa shape index (κ1) is 12.7. The zero-order chi connectivity index (χ0) is 11.5. The van der Waals surface area contributed by atoms with Gasteiger partial charge in [0.05, 0.1) is 18.0 Å². The van der Waals surface area contributed by atoms with E-state index >= 15 is 0 Å². The minimum atomic E-state index is -4.28. The zero-order valence-electron chi connectivity index (χ0n) is 7.40. The van der Waals surface area contributed by atoms with E-state index in [2.05, 4.69) is 21.2 Å². The van der Waals surface area contributed by atoms with Crippen molar-refractivity contribution in [3.05, 3.63) is 20.8 Å². The van der Waals surface area contributed by atoms with Gasteiger partial charge in [-0.2, -0.15) is 13.2 Å². The van der Waals surface area contributed by atoms with Gasteiger partial charge in [-0.15, -0.1) is 11.3 Å². The van der Waals surface area contributed by atoms with Crippen LogP contribution in [0.4, 0.5) is 13.2 Å². The average molecular weight is 302 g/mol. The monoisotopic (exact) mass is 301 g/mol. The molecule has 0 saturated carbocycles. The van der Waals surface area contributed by atoms with Crippen LogP contribution in [0.5, 0.6) is 0 Å². The minimum Gasteiger partial charge on any atom is -0.302 e. The molecular formula is C8H7BrF3NOS. The summed E-state index contributed by atoms with van der Waals surface area (Å²) in [5.74, 6) is -0.346. The molecule has 7 heteroatoms. The Morgan fingerprint density at radius 1 is 1.53 bits per heavy atom. The molecule has 84 valence electrons. The lowest BCUT2D eigenvalue weighted by Crippen LogP contribution is -2.32. The molecule has 0 unspecified atom stereocenters. The quantitative estimate of drug-likeness (QED) is 0.867. The van der Waals surface area contributed by atoms with Crippen molar-refractivity contribution in [3.8, 4) is 0 Å². The first-order valence-corrected chi connectivity index (χ1v) is 5.61. The first-order valence-electron chi connectivity index (χ1n) is 3.94. The van der Waals surface area contributed by atoms with Crippen LogP contribution in [0.25, 0.3) is 0 Å². The van der Waals surface area contributed by atoms with E-state index in [-0.39, 0.29) is 12.3 Å². The maximum absolute atomic E-state index is 11.7. The Balaban J connectivity index is 2.41. The molecule has 0 amide bonds. The van der Waals surface area contributed by atoms with Crippen molar-refractivity contribution in [2.45, 2.75) is 6.18 Å². The Kier molecular flexibility index (Phi) is 4.30. The molecule has 0 fully saturated rings. The second-order valence-corrected chi connectivity index (χ2v) is 4.51. The number of carbonyl (C=O) groups is 1. The van der Waals surface area contributed by atoms with E-state index in [4.69, 9.17) is 0 Å². The topological polar surface area (TPSA) is 29.1 Å². The molecule has 0 saturated heterocycles. The number of Topliss-reactive ketones (excluding diaryl/α,β-unsaturated/α-hetero) is 1. The summed E-state index contributed by atoms with van der Waals surface area (Å²) < 4.78 is 35.9. The van der Waals surface area contributed by atoms with Gasteiger partial charge >= 0.3 is 6.18 Å². The Labute approximate surface area is 96.6 Å². The lowest BCUT2D eigenvalue weighted by molar-refractivity contribution is -0.124. The number of alkyl halides is 3. The second kappa shape index (κ2) is 5.09. The van der Waals surface area contributed by atoms with Crippen LogP contribution in [0.2, 0.25) is 0 Å². The number of ketones is 1. The fraction of sp³-hybridized carbons (Fsp3) is 0.375. The van der Waals surface area contributed by atoms with Gasteiger partial charge in [-0.25, -0.2) is 0 Å². The molecule has 0 aliphatic heterocycles. The van der Waals surface area contributed by atoms with Gasteiger partial charge in [0.2, 0.25) is 0 Å². The Morgan fingerprint density at radius 2 is 2.20 bits per heavy atom. The van der Waals surface area contributed by atoms with E-state index in [0.29, 0.717) is 9.35 Å². The third kappa shape index (κ3) is 4.31. The average Bonchev–Trinajstić information content (AvgIpc) is 2.48. The summed E-state index contributed by atoms with van der Waals surface area (Å²) in [6.07, 6.45) is -4.28. The highest BCUT2D eigenvalue weighted by molar-refractivity contribution is 9.10. The van der Waals surface area contributed by atoms with Crippen LogP contribution in [0.3, 0.4) is 0 Å². The van der Waals surface area contributed by atoms with Crippen molar-refractivity contribution >= 4 is 33.0 Å². The number of thiophene rings is 1. The third-order valence-corrected chi connectivity index (χ3v) is 3.36. The molecule has 1 aromatic rings. The van der Waals surface area contributed by atoms with Gasteiger partial charge in [0.25, 0.3) is 0 Å². The molecule has 0 aliphatic carbocycles. The lowest BCUT2D eigenvalue weighted by Gasteiger charge is -2.06. The first-order chi connectivity index (χ1) is 6.90. The summed E-state index contributed by atoms with van der Waals surface area (Å²) in [4.78, 5) is 11.8. The molecule has 0 bridgehead atoms. The lowest BCUT2D eigenvalue weighted by atomic mass is 10.3. The Bertz CT molecular complexity index is 350. The van der Waals surface area contributed by atoms with Crippen molar-refractivity contribution in [1.29, 1.82) is 0 Å². The van der Waals surface area contributed by atoms with Crippen LogP contribution >= 0.6 is 27.3 Å². The highest BCUT2D eigenvalue weighted by Gasteiger charge is 2.26. The van der Waals surface area contributed by atoms with E-state index in [1.165, 1.54) is 11.3 Å². The molecule has 1 N–H and O–H groups in total. The molecule has 15 heavy (non-hydrogen) atoms. The summed E-state index contributed by atoms with van der Waals surface area (Å²) in [5, 5.41) is 3.75. The smallest absolute Gasteiger partial charge is 0.302 e. The summed E-state index contributed by atoms with van der Waals surface area (Å²) in [5.41, 5.74) is 0. The number of hydrogen-bond acceptors (Lipinski definition) is 3. The number of nitrogens with one attached hydrogen (secondary N) is 1. The molecule has 1 aromatic heterocycles. The fourth-order valence-corrected chi connectivity index (χ4v) is 2.42. The molecular weight excluding hydrogens is 295 g/mol. The molecule has 0 atom stereocenters. The van der Waals surface area contributed by atoms with Crippen LogP contribution in [-0.4, -0.2) is 25.0 Å². The Hall–Kier alpha value is -0.400. The van der Waals surface area contributed by atoms with Gasteiger partial charge < -0.3 is 5.32 Å². The highest BCUT2D eigenvalue weighted by Crippen LogP contribution is 2.22. The number of halogens is 4. The summed E-state index contributed by atoms with van der Waals surface area (Å²) in [6.45, 7) is -1.46. The van der Waals surface area contributed by atoms with Crippen LogP contribution in [0.15, 0.2) is 15.9 Å². The van der Waals surface area contributed by atoms with Gasteiger partial charge in [0.15, 0.2) is 5.78 Å². The standard InChI is InChI=1S/C8H7BrF3NOS/c9-5-1-2-15-7(5)6(14)3-13-4-8(10,11)12/h1-2,13H,3-4H2. The largest absolute Gasteiger partial charge is 0.401 e. The molecule has 0 spiro atoms. The zero-order valence-corrected chi connectivity index (χ0v) is 9.80. The van der Waals surface area contributed by atoms with E-state index in [9.17, 15) is 18.0 Å². The van der Waals surface area contributed by atoms with Crippen LogP contribution in [0, 0.1) is 0 Å². The van der Waals surface area contributed by atoms with Crippen molar-refractivity contribution in [3.63, 3.8) is 0 Å². The maximum Gasteiger partial charge on any atom is 0.401 e. The Morgan fingerprint density at radius 3 is 2.67 bits per heavy atom. The number of rotatable bonds is 4. The molecule has 2 nitrogen and oxygen atoms in total. The molecule has 0 aromatic carbocycles. The van der Waals surface area contributed by atoms with Gasteiger partial charge in [-0.1, -0.05) is 0 Å². The summed E-state index contributed by atoms with van der Waals surface area (Å²) in [6, 6.07) is 1.68. The van der Waals surface area contributed by atoms with Crippen molar-refractivity contribution in [1.82, 2.24) is 5.32 Å². The summed E-state index contributed by atoms with van der Waals surface area (Å²) >= 11 is 4.34. The van der Waals surface area contributed by atoms with E-state index in [1.807, 2.05) is 0 Å². The molecule has 1 heterocycles. The van der Waals surface area contributed by atoms with E-state index in [1.54, 1.807) is 11.4 Å². The SMILES string of the molecule is O=C(CNCC(F)(F)F)c1sccc1Br. The van der Waals surface area contributed by atoms with Crippen molar-refractivity contribution in [2.75, 3.05) is 13.1 Å². The molecule has 0 aliphatic rings. The predicted molar refractivity (Wildman–Crippen MR) is 55.3 cm³/mol. The fourth-order valence-electron chi connectivity index (χ4n) is 0.891. The van der Waals surface area contributed by atoms with E-state index in [0.717, 1.165) is 0 Å². The highest BCUT2D eigenvalue weighted by atomic mass is 79.9. The predicted octanol–water partition coefficient (Wildman–Crippen LogP) is 2.85. The number of carbonyl (C=O) groups excluding carboxylic acids is 1. The van der Waals surface area contributed by atoms with Gasteiger partial charge in [0, 0.05) is 4.47 Å². The van der Waals surface area contributed by atoms with Gasteiger partial charge in [0.1, 0.15) is 0 Å². The minimum absolute atomic E-state index is 0.307.